The van der Waals surface area contributed by atoms with Gasteiger partial charge in [0.15, 0.2) is 4.77 Å². The van der Waals surface area contributed by atoms with E-state index in [9.17, 15) is 0 Å². The molecular weight excluding hydrogens is 208 g/mol. The summed E-state index contributed by atoms with van der Waals surface area (Å²) in [5.74, 6) is 1.80. The number of H-pyrrole nitrogens is 1. The molecule has 1 aromatic rings. The average molecular weight is 224 g/mol. The van der Waals surface area contributed by atoms with E-state index in [4.69, 9.17) is 12.2 Å². The van der Waals surface area contributed by atoms with Gasteiger partial charge in [-0.1, -0.05) is 0 Å². The van der Waals surface area contributed by atoms with Crippen LogP contribution in [0.15, 0.2) is 0 Å². The highest BCUT2D eigenvalue weighted by atomic mass is 32.1. The maximum Gasteiger partial charge on any atom is 0.195 e. The maximum absolute atomic E-state index is 5.29. The number of aromatic nitrogens is 3. The molecule has 15 heavy (non-hydrogen) atoms. The van der Waals surface area contributed by atoms with Gasteiger partial charge in [0.05, 0.1) is 0 Å². The summed E-state index contributed by atoms with van der Waals surface area (Å²) in [6, 6.07) is 0.640. The third kappa shape index (κ3) is 1.74. The van der Waals surface area contributed by atoms with Crippen molar-refractivity contribution in [3.63, 3.8) is 0 Å². The van der Waals surface area contributed by atoms with Crippen molar-refractivity contribution < 1.29 is 0 Å². The lowest BCUT2D eigenvalue weighted by Gasteiger charge is -2.22. The van der Waals surface area contributed by atoms with E-state index >= 15 is 0 Å². The van der Waals surface area contributed by atoms with Gasteiger partial charge in [0.1, 0.15) is 5.82 Å². The van der Waals surface area contributed by atoms with Crippen LogP contribution in [0.25, 0.3) is 0 Å². The Hall–Kier alpha value is -0.680. The molecule has 0 atom stereocenters. The van der Waals surface area contributed by atoms with Crippen molar-refractivity contribution in [2.75, 3.05) is 13.1 Å². The number of hydrogen-bond donors (Lipinski definition) is 2. The zero-order valence-corrected chi connectivity index (χ0v) is 9.52. The highest BCUT2D eigenvalue weighted by Gasteiger charge is 2.30. The first kappa shape index (κ1) is 9.54. The lowest BCUT2D eigenvalue weighted by molar-refractivity contribution is 0.430. The number of hydrogen-bond acceptors (Lipinski definition) is 3. The van der Waals surface area contributed by atoms with E-state index in [0.29, 0.717) is 12.0 Å². The first-order valence-electron chi connectivity index (χ1n) is 5.74. The molecule has 0 amide bonds. The van der Waals surface area contributed by atoms with Gasteiger partial charge in [-0.05, 0) is 51.0 Å². The van der Waals surface area contributed by atoms with Gasteiger partial charge < -0.3 is 9.88 Å². The fourth-order valence-electron chi connectivity index (χ4n) is 2.37. The van der Waals surface area contributed by atoms with E-state index < -0.39 is 0 Å². The molecule has 1 aliphatic carbocycles. The molecule has 3 rings (SSSR count). The molecule has 0 radical (unpaired) electrons. The van der Waals surface area contributed by atoms with Crippen molar-refractivity contribution in [2.45, 2.75) is 37.6 Å². The first-order valence-corrected chi connectivity index (χ1v) is 6.14. The fraction of sp³-hybridized carbons (Fsp3) is 0.800. The summed E-state index contributed by atoms with van der Waals surface area (Å²) in [5, 5.41) is 10.8. The molecule has 0 bridgehead atoms. The van der Waals surface area contributed by atoms with Gasteiger partial charge in [0.2, 0.25) is 0 Å². The monoisotopic (exact) mass is 224 g/mol. The summed E-state index contributed by atoms with van der Waals surface area (Å²) < 4.78 is 3.07. The molecule has 2 fully saturated rings. The Bertz CT molecular complexity index is 398. The van der Waals surface area contributed by atoms with Crippen LogP contribution in [0.4, 0.5) is 0 Å². The van der Waals surface area contributed by atoms with E-state index in [2.05, 4.69) is 20.1 Å². The zero-order chi connectivity index (χ0) is 10.3. The molecule has 1 saturated carbocycles. The van der Waals surface area contributed by atoms with Gasteiger partial charge in [-0.2, -0.15) is 5.10 Å². The van der Waals surface area contributed by atoms with Crippen LogP contribution in [0.5, 0.6) is 0 Å². The van der Waals surface area contributed by atoms with E-state index in [1.54, 1.807) is 0 Å². The second-order valence-electron chi connectivity index (χ2n) is 4.51. The molecule has 2 heterocycles. The summed E-state index contributed by atoms with van der Waals surface area (Å²) >= 11 is 5.29. The van der Waals surface area contributed by atoms with E-state index in [0.717, 1.165) is 17.9 Å². The fourth-order valence-corrected chi connectivity index (χ4v) is 2.66. The molecule has 82 valence electrons. The minimum absolute atomic E-state index is 0.597. The van der Waals surface area contributed by atoms with Crippen LogP contribution < -0.4 is 5.32 Å². The van der Waals surface area contributed by atoms with Crippen LogP contribution >= 0.6 is 12.2 Å². The molecular formula is C10H16N4S. The SMILES string of the molecule is S=c1[nH]nc(C2CCNCC2)n1C1CC1. The van der Waals surface area contributed by atoms with Gasteiger partial charge in [-0.25, -0.2) is 0 Å². The Morgan fingerprint density at radius 3 is 2.60 bits per heavy atom. The molecule has 0 unspecified atom stereocenters. The van der Waals surface area contributed by atoms with Gasteiger partial charge in [-0.3, -0.25) is 5.10 Å². The Morgan fingerprint density at radius 1 is 1.20 bits per heavy atom. The topological polar surface area (TPSA) is 45.6 Å². The second kappa shape index (κ2) is 3.72. The largest absolute Gasteiger partial charge is 0.317 e. The second-order valence-corrected chi connectivity index (χ2v) is 4.90. The van der Waals surface area contributed by atoms with Crippen molar-refractivity contribution in [1.29, 1.82) is 0 Å². The highest BCUT2D eigenvalue weighted by Crippen LogP contribution is 2.38. The molecule has 1 aliphatic heterocycles. The van der Waals surface area contributed by atoms with Crippen LogP contribution in [0, 0.1) is 4.77 Å². The first-order chi connectivity index (χ1) is 7.36. The molecule has 0 spiro atoms. The van der Waals surface area contributed by atoms with Crippen molar-refractivity contribution in [3.8, 4) is 0 Å². The summed E-state index contributed by atoms with van der Waals surface area (Å²) in [5.41, 5.74) is 0. The predicted molar refractivity (Wildman–Crippen MR) is 60.5 cm³/mol. The maximum atomic E-state index is 5.29. The third-order valence-electron chi connectivity index (χ3n) is 3.35. The minimum Gasteiger partial charge on any atom is -0.317 e. The summed E-state index contributed by atoms with van der Waals surface area (Å²) in [4.78, 5) is 0. The van der Waals surface area contributed by atoms with Crippen molar-refractivity contribution >= 4 is 12.2 Å². The predicted octanol–water partition coefficient (Wildman–Crippen LogP) is 1.74. The normalized spacial score (nSPS) is 23.2. The molecule has 2 N–H and O–H groups in total. The number of nitrogens with one attached hydrogen (secondary N) is 2. The molecule has 1 aromatic heterocycles. The minimum atomic E-state index is 0.597. The van der Waals surface area contributed by atoms with Gasteiger partial charge in [0, 0.05) is 12.0 Å². The smallest absolute Gasteiger partial charge is 0.195 e. The zero-order valence-electron chi connectivity index (χ0n) is 8.70. The Labute approximate surface area is 94.1 Å². The van der Waals surface area contributed by atoms with Gasteiger partial charge >= 0.3 is 0 Å². The number of rotatable bonds is 2. The summed E-state index contributed by atoms with van der Waals surface area (Å²) in [7, 11) is 0. The van der Waals surface area contributed by atoms with Crippen LogP contribution in [0.3, 0.4) is 0 Å². The Kier molecular flexibility index (Phi) is 2.36. The average Bonchev–Trinajstić information content (AvgIpc) is 3.03. The van der Waals surface area contributed by atoms with E-state index in [1.807, 2.05) is 0 Å². The van der Waals surface area contributed by atoms with E-state index in [1.165, 1.54) is 31.5 Å². The molecule has 0 aromatic carbocycles. The summed E-state index contributed by atoms with van der Waals surface area (Å²) in [6.07, 6.45) is 4.91. The molecule has 5 heteroatoms. The van der Waals surface area contributed by atoms with Crippen molar-refractivity contribution in [3.05, 3.63) is 10.6 Å². The number of aromatic amines is 1. The lowest BCUT2D eigenvalue weighted by Crippen LogP contribution is -2.28. The van der Waals surface area contributed by atoms with Crippen molar-refractivity contribution in [2.24, 2.45) is 0 Å². The highest BCUT2D eigenvalue weighted by molar-refractivity contribution is 7.71. The van der Waals surface area contributed by atoms with Crippen LogP contribution in [-0.2, 0) is 0 Å². The van der Waals surface area contributed by atoms with Gasteiger partial charge in [0.25, 0.3) is 0 Å². The summed E-state index contributed by atoms with van der Waals surface area (Å²) in [6.45, 7) is 2.21. The lowest BCUT2D eigenvalue weighted by atomic mass is 9.97. The van der Waals surface area contributed by atoms with E-state index in [-0.39, 0.29) is 0 Å². The molecule has 2 aliphatic rings. The standard InChI is InChI=1S/C10H16N4S/c15-10-13-12-9(14(10)8-1-2-8)7-3-5-11-6-4-7/h7-8,11H,1-6H2,(H,13,15). The van der Waals surface area contributed by atoms with Crippen LogP contribution in [0.2, 0.25) is 0 Å². The molecule has 1 saturated heterocycles. The van der Waals surface area contributed by atoms with Crippen LogP contribution in [0.1, 0.15) is 43.5 Å². The molecule has 4 nitrogen and oxygen atoms in total. The Balaban J connectivity index is 1.92. The number of nitrogens with zero attached hydrogens (tertiary/aromatic N) is 2. The Morgan fingerprint density at radius 2 is 1.93 bits per heavy atom. The number of piperidine rings is 1. The van der Waals surface area contributed by atoms with Crippen LogP contribution in [-0.4, -0.2) is 27.9 Å². The van der Waals surface area contributed by atoms with Gasteiger partial charge in [-0.15, -0.1) is 0 Å². The van der Waals surface area contributed by atoms with Crippen molar-refractivity contribution in [1.82, 2.24) is 20.1 Å². The quantitative estimate of drug-likeness (QED) is 0.752. The third-order valence-corrected chi connectivity index (χ3v) is 3.64.